The number of rotatable bonds is 8. The second-order valence-corrected chi connectivity index (χ2v) is 8.68. The van der Waals surface area contributed by atoms with Crippen LogP contribution in [0.25, 0.3) is 11.1 Å². The van der Waals surface area contributed by atoms with Crippen LogP contribution in [0.15, 0.2) is 61.1 Å². The fourth-order valence-electron chi connectivity index (χ4n) is 4.45. The first-order valence-corrected chi connectivity index (χ1v) is 11.1. The quantitative estimate of drug-likeness (QED) is 0.408. The molecule has 34 heavy (non-hydrogen) atoms. The Balaban J connectivity index is 1.27. The highest BCUT2D eigenvalue weighted by molar-refractivity contribution is 5.93. The number of carboxylic acid groups (broad SMARTS) is 1. The fourth-order valence-corrected chi connectivity index (χ4v) is 4.45. The summed E-state index contributed by atoms with van der Waals surface area (Å²) in [5.74, 6) is -1.77. The van der Waals surface area contributed by atoms with E-state index in [-0.39, 0.29) is 18.9 Å². The lowest BCUT2D eigenvalue weighted by Crippen LogP contribution is -2.53. The summed E-state index contributed by atoms with van der Waals surface area (Å²) in [7, 11) is 0. The van der Waals surface area contributed by atoms with Crippen LogP contribution in [0.4, 0.5) is 4.79 Å². The molecule has 3 aromatic rings. The predicted molar refractivity (Wildman–Crippen MR) is 122 cm³/mol. The van der Waals surface area contributed by atoms with E-state index in [1.807, 2.05) is 36.4 Å². The van der Waals surface area contributed by atoms with Crippen molar-refractivity contribution in [2.75, 3.05) is 6.61 Å². The van der Waals surface area contributed by atoms with Gasteiger partial charge in [0.05, 0.1) is 6.33 Å². The van der Waals surface area contributed by atoms with Gasteiger partial charge in [0.15, 0.2) is 0 Å². The lowest BCUT2D eigenvalue weighted by Gasteiger charge is -2.21. The highest BCUT2D eigenvalue weighted by Gasteiger charge is 2.52. The number of aromatic nitrogens is 2. The van der Waals surface area contributed by atoms with Crippen LogP contribution in [0.1, 0.15) is 35.6 Å². The van der Waals surface area contributed by atoms with Gasteiger partial charge in [0, 0.05) is 24.2 Å². The number of amides is 2. The molecule has 1 aromatic heterocycles. The number of fused-ring (bicyclic) bond motifs is 3. The van der Waals surface area contributed by atoms with Gasteiger partial charge in [-0.2, -0.15) is 0 Å². The largest absolute Gasteiger partial charge is 0.480 e. The van der Waals surface area contributed by atoms with Crippen LogP contribution in [0.3, 0.4) is 0 Å². The zero-order valence-electron chi connectivity index (χ0n) is 18.3. The lowest BCUT2D eigenvalue weighted by molar-refractivity contribution is -0.143. The summed E-state index contributed by atoms with van der Waals surface area (Å²) >= 11 is 0. The van der Waals surface area contributed by atoms with Crippen molar-refractivity contribution in [3.63, 3.8) is 0 Å². The monoisotopic (exact) mass is 460 g/mol. The van der Waals surface area contributed by atoms with E-state index in [4.69, 9.17) is 4.74 Å². The molecule has 1 fully saturated rings. The van der Waals surface area contributed by atoms with Gasteiger partial charge in [0.1, 0.15) is 18.2 Å². The van der Waals surface area contributed by atoms with Gasteiger partial charge in [-0.05, 0) is 35.1 Å². The van der Waals surface area contributed by atoms with Crippen molar-refractivity contribution in [2.45, 2.75) is 36.8 Å². The van der Waals surface area contributed by atoms with Crippen molar-refractivity contribution < 1.29 is 24.2 Å². The van der Waals surface area contributed by atoms with Crippen molar-refractivity contribution in [3.05, 3.63) is 77.9 Å². The van der Waals surface area contributed by atoms with Gasteiger partial charge in [-0.3, -0.25) is 4.79 Å². The van der Waals surface area contributed by atoms with Crippen molar-refractivity contribution in [1.29, 1.82) is 0 Å². The molecule has 0 bridgehead atoms. The molecular formula is C25H24N4O5. The Morgan fingerprint density at radius 1 is 1.09 bits per heavy atom. The van der Waals surface area contributed by atoms with Crippen LogP contribution in [0, 0.1) is 0 Å². The van der Waals surface area contributed by atoms with Crippen LogP contribution in [0.5, 0.6) is 0 Å². The minimum Gasteiger partial charge on any atom is -0.480 e. The predicted octanol–water partition coefficient (Wildman–Crippen LogP) is 2.59. The Kier molecular flexibility index (Phi) is 5.53. The maximum atomic E-state index is 12.9. The molecule has 5 rings (SSSR count). The summed E-state index contributed by atoms with van der Waals surface area (Å²) in [5.41, 5.74) is 3.77. The Morgan fingerprint density at radius 2 is 1.74 bits per heavy atom. The van der Waals surface area contributed by atoms with E-state index >= 15 is 0 Å². The number of ether oxygens (including phenoxy) is 1. The number of aliphatic carboxylic acids is 1. The second-order valence-electron chi connectivity index (χ2n) is 8.68. The number of benzene rings is 2. The molecule has 9 nitrogen and oxygen atoms in total. The van der Waals surface area contributed by atoms with Crippen LogP contribution >= 0.6 is 0 Å². The summed E-state index contributed by atoms with van der Waals surface area (Å²) in [6.07, 6.45) is 3.10. The molecule has 2 aliphatic rings. The smallest absolute Gasteiger partial charge is 0.407 e. The molecule has 9 heteroatoms. The first-order valence-electron chi connectivity index (χ1n) is 11.1. The van der Waals surface area contributed by atoms with E-state index in [0.717, 1.165) is 22.3 Å². The summed E-state index contributed by atoms with van der Waals surface area (Å²) in [6.45, 7) is 0.108. The first kappa shape index (κ1) is 21.7. The minimum atomic E-state index is -1.26. The van der Waals surface area contributed by atoms with Gasteiger partial charge in [0.2, 0.25) is 5.91 Å². The van der Waals surface area contributed by atoms with Gasteiger partial charge < -0.3 is 25.5 Å². The van der Waals surface area contributed by atoms with Crippen molar-refractivity contribution in [1.82, 2.24) is 20.6 Å². The average molecular weight is 460 g/mol. The normalized spacial score (nSPS) is 16.1. The molecule has 0 radical (unpaired) electrons. The maximum Gasteiger partial charge on any atom is 0.407 e. The molecule has 2 aromatic carbocycles. The van der Waals surface area contributed by atoms with Crippen LogP contribution in [-0.4, -0.2) is 51.2 Å². The van der Waals surface area contributed by atoms with Crippen LogP contribution in [0.2, 0.25) is 0 Å². The lowest BCUT2D eigenvalue weighted by atomic mass is 9.98. The summed E-state index contributed by atoms with van der Waals surface area (Å²) < 4.78 is 5.56. The molecule has 174 valence electrons. The zero-order valence-corrected chi connectivity index (χ0v) is 18.3. The Hall–Kier alpha value is -4.14. The van der Waals surface area contributed by atoms with Crippen molar-refractivity contribution in [2.24, 2.45) is 0 Å². The van der Waals surface area contributed by atoms with Gasteiger partial charge >= 0.3 is 12.1 Å². The molecule has 1 atom stereocenters. The maximum absolute atomic E-state index is 12.9. The fraction of sp³-hybridized carbons (Fsp3) is 0.280. The minimum absolute atomic E-state index is 0.108. The molecular weight excluding hydrogens is 436 g/mol. The third-order valence-electron chi connectivity index (χ3n) is 6.45. The van der Waals surface area contributed by atoms with Crippen LogP contribution < -0.4 is 10.6 Å². The number of nitrogens with one attached hydrogen (secondary N) is 3. The summed E-state index contributed by atoms with van der Waals surface area (Å²) in [6, 6.07) is 15.0. The van der Waals surface area contributed by atoms with Crippen LogP contribution in [-0.2, 0) is 20.7 Å². The van der Waals surface area contributed by atoms with Gasteiger partial charge in [-0.25, -0.2) is 14.6 Å². The average Bonchev–Trinajstić information content (AvgIpc) is 3.31. The van der Waals surface area contributed by atoms with E-state index in [1.54, 1.807) is 6.20 Å². The third-order valence-corrected chi connectivity index (χ3v) is 6.45. The number of hydrogen-bond donors (Lipinski definition) is 4. The topological polar surface area (TPSA) is 133 Å². The molecule has 0 spiro atoms. The number of carbonyl (C=O) groups is 3. The number of H-pyrrole nitrogens is 1. The number of carbonyl (C=O) groups excluding carboxylic acids is 2. The number of carboxylic acids is 1. The third kappa shape index (κ3) is 4.12. The van der Waals surface area contributed by atoms with E-state index in [0.29, 0.717) is 18.5 Å². The second kappa shape index (κ2) is 8.66. The van der Waals surface area contributed by atoms with E-state index in [1.165, 1.54) is 6.33 Å². The number of hydrogen-bond acceptors (Lipinski definition) is 5. The molecule has 0 aliphatic heterocycles. The SMILES string of the molecule is O=C(NC(Cc1cnc[nH]1)C(=O)NC1(C(=O)O)CC1)OCC1c2ccccc2-c2ccccc21. The number of aromatic amines is 1. The summed E-state index contributed by atoms with van der Waals surface area (Å²) in [5, 5.41) is 14.6. The number of alkyl carbamates (subject to hydrolysis) is 1. The van der Waals surface area contributed by atoms with Gasteiger partial charge in [-0.1, -0.05) is 48.5 Å². The Bertz CT molecular complexity index is 1190. The highest BCUT2D eigenvalue weighted by Crippen LogP contribution is 2.44. The Labute approximate surface area is 195 Å². The van der Waals surface area contributed by atoms with Crippen molar-refractivity contribution >= 4 is 18.0 Å². The molecule has 1 saturated carbocycles. The molecule has 2 aliphatic carbocycles. The van der Waals surface area contributed by atoms with E-state index < -0.39 is 29.6 Å². The molecule has 4 N–H and O–H groups in total. The van der Waals surface area contributed by atoms with Gasteiger partial charge in [-0.15, -0.1) is 0 Å². The molecule has 1 heterocycles. The number of imidazole rings is 1. The first-order chi connectivity index (χ1) is 16.5. The molecule has 1 unspecified atom stereocenters. The highest BCUT2D eigenvalue weighted by atomic mass is 16.5. The summed E-state index contributed by atoms with van der Waals surface area (Å²) in [4.78, 5) is 43.9. The van der Waals surface area contributed by atoms with E-state index in [9.17, 15) is 19.5 Å². The Morgan fingerprint density at radius 3 is 2.29 bits per heavy atom. The van der Waals surface area contributed by atoms with E-state index in [2.05, 4.69) is 32.7 Å². The zero-order chi connectivity index (χ0) is 23.7. The number of nitrogens with zero attached hydrogens (tertiary/aromatic N) is 1. The van der Waals surface area contributed by atoms with Gasteiger partial charge in [0.25, 0.3) is 0 Å². The standard InChI is InChI=1S/C25H24N4O5/c30-22(29-25(9-10-25)23(31)32)21(11-15-12-26-14-27-15)28-24(33)34-13-20-18-7-3-1-5-16(18)17-6-2-4-8-19(17)20/h1-8,12,14,20-21H,9-11,13H2,(H,26,27)(H,28,33)(H,29,30)(H,31,32). The molecule has 0 saturated heterocycles. The molecule has 2 amide bonds. The van der Waals surface area contributed by atoms with Crippen molar-refractivity contribution in [3.8, 4) is 11.1 Å².